The molecular formula is C20H25N7O. The molecule has 1 saturated heterocycles. The topological polar surface area (TPSA) is 73.8 Å². The summed E-state index contributed by atoms with van der Waals surface area (Å²) in [5, 5.41) is 9.14. The molecule has 1 fully saturated rings. The molecule has 0 spiro atoms. The van der Waals surface area contributed by atoms with Crippen molar-refractivity contribution in [2.45, 2.75) is 57.8 Å². The summed E-state index contributed by atoms with van der Waals surface area (Å²) >= 11 is 0. The van der Waals surface area contributed by atoms with Crippen molar-refractivity contribution in [2.24, 2.45) is 0 Å². The lowest BCUT2D eigenvalue weighted by Gasteiger charge is -2.25. The Hall–Kier alpha value is -2.74. The molecule has 28 heavy (non-hydrogen) atoms. The SMILES string of the molecule is O=c1ccc(-n2ccnc2)nn1CC1CCCN1Cc1cnn2c1CCCC2. The van der Waals surface area contributed by atoms with Crippen LogP contribution in [0.4, 0.5) is 0 Å². The summed E-state index contributed by atoms with van der Waals surface area (Å²) in [6, 6.07) is 3.66. The van der Waals surface area contributed by atoms with Crippen LogP contribution < -0.4 is 5.56 Å². The fourth-order valence-corrected chi connectivity index (χ4v) is 4.45. The van der Waals surface area contributed by atoms with E-state index in [-0.39, 0.29) is 5.56 Å². The molecule has 8 nitrogen and oxygen atoms in total. The third-order valence-electron chi connectivity index (χ3n) is 5.95. The highest BCUT2D eigenvalue weighted by Gasteiger charge is 2.27. The van der Waals surface area contributed by atoms with Crippen LogP contribution in [-0.4, -0.2) is 46.6 Å². The Balaban J connectivity index is 1.34. The largest absolute Gasteiger partial charge is 0.294 e. The van der Waals surface area contributed by atoms with Gasteiger partial charge in [0.1, 0.15) is 6.33 Å². The molecule has 2 aliphatic heterocycles. The van der Waals surface area contributed by atoms with Gasteiger partial charge < -0.3 is 0 Å². The third kappa shape index (κ3) is 3.28. The average Bonchev–Trinajstić information content (AvgIpc) is 3.46. The molecule has 5 rings (SSSR count). The molecule has 146 valence electrons. The Morgan fingerprint density at radius 1 is 1.14 bits per heavy atom. The maximum atomic E-state index is 12.4. The Kier molecular flexibility index (Phi) is 4.56. The van der Waals surface area contributed by atoms with E-state index in [4.69, 9.17) is 0 Å². The minimum atomic E-state index is -0.0568. The Bertz CT molecular complexity index is 1000. The van der Waals surface area contributed by atoms with Crippen LogP contribution >= 0.6 is 0 Å². The zero-order chi connectivity index (χ0) is 18.9. The summed E-state index contributed by atoms with van der Waals surface area (Å²) in [5.41, 5.74) is 2.69. The summed E-state index contributed by atoms with van der Waals surface area (Å²) in [7, 11) is 0. The van der Waals surface area contributed by atoms with E-state index in [1.165, 1.54) is 24.1 Å². The van der Waals surface area contributed by atoms with Gasteiger partial charge in [-0.1, -0.05) is 0 Å². The van der Waals surface area contributed by atoms with Gasteiger partial charge in [0, 0.05) is 48.8 Å². The maximum Gasteiger partial charge on any atom is 0.266 e. The number of hydrogen-bond donors (Lipinski definition) is 0. The number of rotatable bonds is 5. The summed E-state index contributed by atoms with van der Waals surface area (Å²) in [6.45, 7) is 3.63. The zero-order valence-corrected chi connectivity index (χ0v) is 15.9. The van der Waals surface area contributed by atoms with Crippen LogP contribution in [0, 0.1) is 0 Å². The van der Waals surface area contributed by atoms with Gasteiger partial charge in [-0.2, -0.15) is 10.2 Å². The highest BCUT2D eigenvalue weighted by Crippen LogP contribution is 2.25. The van der Waals surface area contributed by atoms with Crippen LogP contribution in [0.1, 0.15) is 36.9 Å². The van der Waals surface area contributed by atoms with Gasteiger partial charge in [0.2, 0.25) is 0 Å². The second kappa shape index (κ2) is 7.35. The number of likely N-dealkylation sites (tertiary alicyclic amines) is 1. The number of imidazole rings is 1. The van der Waals surface area contributed by atoms with Gasteiger partial charge in [0.15, 0.2) is 5.82 Å². The van der Waals surface area contributed by atoms with Crippen LogP contribution in [0.3, 0.4) is 0 Å². The third-order valence-corrected chi connectivity index (χ3v) is 5.95. The molecule has 0 amide bonds. The second-order valence-electron chi connectivity index (χ2n) is 7.75. The summed E-state index contributed by atoms with van der Waals surface area (Å²) < 4.78 is 5.60. The van der Waals surface area contributed by atoms with Crippen LogP contribution in [0.2, 0.25) is 0 Å². The molecule has 0 aromatic carbocycles. The minimum absolute atomic E-state index is 0.0568. The second-order valence-corrected chi connectivity index (χ2v) is 7.75. The summed E-state index contributed by atoms with van der Waals surface area (Å²) in [4.78, 5) is 18.9. The number of nitrogens with zero attached hydrogens (tertiary/aromatic N) is 7. The van der Waals surface area contributed by atoms with Crippen LogP contribution in [0.5, 0.6) is 0 Å². The number of aromatic nitrogens is 6. The standard InChI is InChI=1S/C20H25N7O/c28-20-7-6-19(25-11-8-21-15-25)23-27(20)14-17-4-3-9-24(17)13-16-12-22-26-10-2-1-5-18(16)26/h6-8,11-12,15,17H,1-5,9-10,13-14H2. The van der Waals surface area contributed by atoms with Gasteiger partial charge >= 0.3 is 0 Å². The van der Waals surface area contributed by atoms with Gasteiger partial charge in [0.25, 0.3) is 5.56 Å². The van der Waals surface area contributed by atoms with Crippen molar-refractivity contribution in [1.29, 1.82) is 0 Å². The Morgan fingerprint density at radius 3 is 3.00 bits per heavy atom. The van der Waals surface area contributed by atoms with Gasteiger partial charge in [-0.25, -0.2) is 9.67 Å². The van der Waals surface area contributed by atoms with Crippen molar-refractivity contribution in [2.75, 3.05) is 6.54 Å². The lowest BCUT2D eigenvalue weighted by atomic mass is 10.1. The number of hydrogen-bond acceptors (Lipinski definition) is 5. The number of aryl methyl sites for hydroxylation is 1. The summed E-state index contributed by atoms with van der Waals surface area (Å²) in [6.07, 6.45) is 13.1. The summed E-state index contributed by atoms with van der Waals surface area (Å²) in [5.74, 6) is 0.715. The average molecular weight is 379 g/mol. The van der Waals surface area contributed by atoms with Crippen molar-refractivity contribution in [3.63, 3.8) is 0 Å². The highest BCUT2D eigenvalue weighted by atomic mass is 16.1. The maximum absolute atomic E-state index is 12.4. The van der Waals surface area contributed by atoms with Crippen molar-refractivity contribution in [3.8, 4) is 5.82 Å². The first-order chi connectivity index (χ1) is 13.8. The molecular weight excluding hydrogens is 354 g/mol. The Labute approximate surface area is 163 Å². The molecule has 3 aromatic rings. The van der Waals surface area contributed by atoms with Crippen LogP contribution in [0.25, 0.3) is 5.82 Å². The van der Waals surface area contributed by atoms with E-state index in [0.29, 0.717) is 18.4 Å². The van der Waals surface area contributed by atoms with E-state index in [9.17, 15) is 4.79 Å². The molecule has 0 saturated carbocycles. The molecule has 3 aromatic heterocycles. The van der Waals surface area contributed by atoms with Gasteiger partial charge in [-0.05, 0) is 44.7 Å². The fraction of sp³-hybridized carbons (Fsp3) is 0.500. The molecule has 5 heterocycles. The fourth-order valence-electron chi connectivity index (χ4n) is 4.45. The molecule has 2 aliphatic rings. The van der Waals surface area contributed by atoms with E-state index < -0.39 is 0 Å². The lowest BCUT2D eigenvalue weighted by molar-refractivity contribution is 0.215. The molecule has 8 heteroatoms. The molecule has 0 radical (unpaired) electrons. The lowest BCUT2D eigenvalue weighted by Crippen LogP contribution is -2.37. The van der Waals surface area contributed by atoms with E-state index in [1.54, 1.807) is 29.3 Å². The first-order valence-corrected chi connectivity index (χ1v) is 10.1. The van der Waals surface area contributed by atoms with Gasteiger partial charge in [-0.3, -0.25) is 18.9 Å². The van der Waals surface area contributed by atoms with Gasteiger partial charge in [-0.15, -0.1) is 0 Å². The van der Waals surface area contributed by atoms with E-state index in [1.807, 2.05) is 17.0 Å². The predicted molar refractivity (Wildman–Crippen MR) is 104 cm³/mol. The van der Waals surface area contributed by atoms with Gasteiger partial charge in [0.05, 0.1) is 12.7 Å². The molecule has 0 aliphatic carbocycles. The number of fused-ring (bicyclic) bond motifs is 1. The van der Waals surface area contributed by atoms with E-state index >= 15 is 0 Å². The van der Waals surface area contributed by atoms with Crippen LogP contribution in [0.15, 0.2) is 41.8 Å². The molecule has 0 bridgehead atoms. The normalized spacial score (nSPS) is 19.8. The highest BCUT2D eigenvalue weighted by molar-refractivity contribution is 5.20. The van der Waals surface area contributed by atoms with Crippen molar-refractivity contribution >= 4 is 0 Å². The van der Waals surface area contributed by atoms with Crippen LogP contribution in [-0.2, 0) is 26.1 Å². The smallest absolute Gasteiger partial charge is 0.266 e. The first kappa shape index (κ1) is 17.4. The monoisotopic (exact) mass is 379 g/mol. The minimum Gasteiger partial charge on any atom is -0.294 e. The first-order valence-electron chi connectivity index (χ1n) is 10.1. The zero-order valence-electron chi connectivity index (χ0n) is 15.9. The Morgan fingerprint density at radius 2 is 2.11 bits per heavy atom. The van der Waals surface area contributed by atoms with Crippen molar-refractivity contribution in [3.05, 3.63) is 58.7 Å². The molecule has 1 unspecified atom stereocenters. The van der Waals surface area contributed by atoms with Crippen molar-refractivity contribution in [1.82, 2.24) is 34.0 Å². The quantitative estimate of drug-likeness (QED) is 0.674. The molecule has 0 N–H and O–H groups in total. The molecule has 1 atom stereocenters. The van der Waals surface area contributed by atoms with E-state index in [0.717, 1.165) is 38.9 Å². The van der Waals surface area contributed by atoms with E-state index in [2.05, 4.69) is 24.8 Å². The predicted octanol–water partition coefficient (Wildman–Crippen LogP) is 1.63. The van der Waals surface area contributed by atoms with Crippen molar-refractivity contribution < 1.29 is 0 Å².